The molecule has 0 aliphatic carbocycles. The number of nitrogen functional groups attached to an aromatic ring is 1. The molecule has 0 saturated heterocycles. The summed E-state index contributed by atoms with van der Waals surface area (Å²) in [5.41, 5.74) is 9.02. The summed E-state index contributed by atoms with van der Waals surface area (Å²) in [4.78, 5) is 10.1. The van der Waals surface area contributed by atoms with Gasteiger partial charge in [0.15, 0.2) is 5.82 Å². The molecule has 0 unspecified atom stereocenters. The summed E-state index contributed by atoms with van der Waals surface area (Å²) in [6.07, 6.45) is 0. The molecule has 2 aromatic heterocycles. The van der Waals surface area contributed by atoms with E-state index in [1.807, 2.05) is 35.7 Å². The molecule has 0 spiro atoms. The molecule has 20 heavy (non-hydrogen) atoms. The van der Waals surface area contributed by atoms with E-state index in [1.54, 1.807) is 11.3 Å². The molecule has 0 amide bonds. The van der Waals surface area contributed by atoms with Gasteiger partial charge in [0.05, 0.1) is 15.0 Å². The maximum absolute atomic E-state index is 6.02. The minimum absolute atomic E-state index is 0.460. The van der Waals surface area contributed by atoms with Crippen LogP contribution in [0.1, 0.15) is 5.56 Å². The van der Waals surface area contributed by atoms with E-state index in [0.717, 1.165) is 26.2 Å². The lowest BCUT2D eigenvalue weighted by Gasteiger charge is -2.09. The highest BCUT2D eigenvalue weighted by molar-refractivity contribution is 9.10. The molecule has 0 radical (unpaired) electrons. The van der Waals surface area contributed by atoms with Crippen molar-refractivity contribution >= 4 is 33.1 Å². The van der Waals surface area contributed by atoms with Gasteiger partial charge < -0.3 is 5.73 Å². The Bertz CT molecular complexity index is 753. The summed E-state index contributed by atoms with van der Waals surface area (Å²) >= 11 is 5.11. The van der Waals surface area contributed by atoms with E-state index in [2.05, 4.69) is 38.9 Å². The Hall–Kier alpha value is -1.72. The average Bonchev–Trinajstić information content (AvgIpc) is 2.89. The van der Waals surface area contributed by atoms with E-state index < -0.39 is 0 Å². The van der Waals surface area contributed by atoms with E-state index >= 15 is 0 Å². The Morgan fingerprint density at radius 1 is 1.10 bits per heavy atom. The number of aryl methyl sites for hydroxylation is 1. The number of rotatable bonds is 2. The third kappa shape index (κ3) is 2.34. The Morgan fingerprint density at radius 3 is 2.50 bits per heavy atom. The van der Waals surface area contributed by atoms with Crippen molar-refractivity contribution in [1.29, 1.82) is 0 Å². The molecule has 0 fully saturated rings. The highest BCUT2D eigenvalue weighted by Gasteiger charge is 2.14. The number of hydrogen-bond acceptors (Lipinski definition) is 4. The van der Waals surface area contributed by atoms with E-state index in [0.29, 0.717) is 11.6 Å². The molecule has 100 valence electrons. The number of benzene rings is 1. The lowest BCUT2D eigenvalue weighted by molar-refractivity contribution is 1.18. The predicted octanol–water partition coefficient (Wildman–Crippen LogP) is 4.53. The maximum Gasteiger partial charge on any atom is 0.172 e. The van der Waals surface area contributed by atoms with Crippen molar-refractivity contribution in [3.05, 3.63) is 51.8 Å². The molecule has 0 aliphatic rings. The van der Waals surface area contributed by atoms with Gasteiger partial charge in [-0.2, -0.15) is 0 Å². The van der Waals surface area contributed by atoms with Gasteiger partial charge in [-0.25, -0.2) is 9.97 Å². The van der Waals surface area contributed by atoms with Crippen molar-refractivity contribution in [2.75, 3.05) is 5.73 Å². The van der Waals surface area contributed by atoms with Gasteiger partial charge in [0.1, 0.15) is 5.82 Å². The SMILES string of the molecule is Cc1ccsc1-c1nc(N)c(Br)c(-c2ccccc2)n1. The van der Waals surface area contributed by atoms with Crippen LogP contribution < -0.4 is 5.73 Å². The van der Waals surface area contributed by atoms with Crippen molar-refractivity contribution in [2.45, 2.75) is 6.92 Å². The molecule has 2 heterocycles. The zero-order valence-electron chi connectivity index (χ0n) is 10.8. The van der Waals surface area contributed by atoms with Crippen LogP contribution in [0.2, 0.25) is 0 Å². The zero-order valence-corrected chi connectivity index (χ0v) is 13.2. The zero-order chi connectivity index (χ0) is 14.1. The topological polar surface area (TPSA) is 51.8 Å². The number of anilines is 1. The lowest BCUT2D eigenvalue weighted by atomic mass is 10.1. The van der Waals surface area contributed by atoms with Gasteiger partial charge in [-0.1, -0.05) is 30.3 Å². The summed E-state index contributed by atoms with van der Waals surface area (Å²) in [5, 5.41) is 2.04. The van der Waals surface area contributed by atoms with Gasteiger partial charge in [0.2, 0.25) is 0 Å². The van der Waals surface area contributed by atoms with Crippen LogP contribution in [-0.4, -0.2) is 9.97 Å². The summed E-state index contributed by atoms with van der Waals surface area (Å²) < 4.78 is 0.738. The van der Waals surface area contributed by atoms with Crippen LogP contribution in [0, 0.1) is 6.92 Å². The average molecular weight is 346 g/mol. The molecule has 0 bridgehead atoms. The van der Waals surface area contributed by atoms with Gasteiger partial charge in [-0.05, 0) is 39.9 Å². The Kier molecular flexibility index (Phi) is 3.54. The third-order valence-electron chi connectivity index (χ3n) is 2.99. The molecular formula is C15H12BrN3S. The standard InChI is InChI=1S/C15H12BrN3S/c1-9-7-8-20-13(9)15-18-12(11(16)14(17)19-15)10-5-3-2-4-6-10/h2-8H,1H3,(H2,17,18,19). The highest BCUT2D eigenvalue weighted by atomic mass is 79.9. The van der Waals surface area contributed by atoms with Crippen molar-refractivity contribution in [3.63, 3.8) is 0 Å². The molecule has 3 aromatic rings. The highest BCUT2D eigenvalue weighted by Crippen LogP contribution is 2.34. The molecule has 3 rings (SSSR count). The summed E-state index contributed by atoms with van der Waals surface area (Å²) in [6, 6.07) is 12.0. The number of aromatic nitrogens is 2. The summed E-state index contributed by atoms with van der Waals surface area (Å²) in [5.74, 6) is 1.14. The molecule has 3 nitrogen and oxygen atoms in total. The van der Waals surface area contributed by atoms with E-state index in [1.165, 1.54) is 0 Å². The van der Waals surface area contributed by atoms with Gasteiger partial charge in [0.25, 0.3) is 0 Å². The Morgan fingerprint density at radius 2 is 1.85 bits per heavy atom. The number of hydrogen-bond donors (Lipinski definition) is 1. The van der Waals surface area contributed by atoms with Crippen LogP contribution >= 0.6 is 27.3 Å². The van der Waals surface area contributed by atoms with Crippen LogP contribution in [0.3, 0.4) is 0 Å². The molecule has 1 aromatic carbocycles. The second kappa shape index (κ2) is 5.34. The van der Waals surface area contributed by atoms with E-state index in [9.17, 15) is 0 Å². The Balaban J connectivity index is 2.21. The van der Waals surface area contributed by atoms with E-state index in [-0.39, 0.29) is 0 Å². The number of nitrogens with zero attached hydrogens (tertiary/aromatic N) is 2. The minimum Gasteiger partial charge on any atom is -0.383 e. The van der Waals surface area contributed by atoms with Crippen LogP contribution in [0.5, 0.6) is 0 Å². The van der Waals surface area contributed by atoms with Gasteiger partial charge >= 0.3 is 0 Å². The van der Waals surface area contributed by atoms with Crippen molar-refractivity contribution in [1.82, 2.24) is 9.97 Å². The fourth-order valence-corrected chi connectivity index (χ4v) is 3.22. The lowest BCUT2D eigenvalue weighted by Crippen LogP contribution is -2.00. The first-order valence-electron chi connectivity index (χ1n) is 6.09. The summed E-state index contributed by atoms with van der Waals surface area (Å²) in [6.45, 7) is 2.05. The third-order valence-corrected chi connectivity index (χ3v) is 4.78. The fraction of sp³-hybridized carbons (Fsp3) is 0.0667. The van der Waals surface area contributed by atoms with Crippen molar-refractivity contribution in [2.24, 2.45) is 0 Å². The number of halogens is 1. The normalized spacial score (nSPS) is 10.7. The molecule has 5 heteroatoms. The second-order valence-corrected chi connectivity index (χ2v) is 6.10. The molecule has 0 saturated carbocycles. The van der Waals surface area contributed by atoms with Gasteiger partial charge in [-0.3, -0.25) is 0 Å². The first-order valence-corrected chi connectivity index (χ1v) is 7.77. The predicted molar refractivity (Wildman–Crippen MR) is 87.6 cm³/mol. The molecule has 2 N–H and O–H groups in total. The van der Waals surface area contributed by atoms with Crippen LogP contribution in [0.4, 0.5) is 5.82 Å². The largest absolute Gasteiger partial charge is 0.383 e. The Labute approximate surface area is 129 Å². The second-order valence-electron chi connectivity index (χ2n) is 4.39. The first-order chi connectivity index (χ1) is 9.66. The van der Waals surface area contributed by atoms with Crippen LogP contribution in [0.25, 0.3) is 22.0 Å². The van der Waals surface area contributed by atoms with Crippen LogP contribution in [0.15, 0.2) is 46.3 Å². The maximum atomic E-state index is 6.02. The first kappa shape index (κ1) is 13.3. The molecular weight excluding hydrogens is 334 g/mol. The fourth-order valence-electron chi connectivity index (χ4n) is 1.96. The number of nitrogens with two attached hydrogens (primary N) is 1. The van der Waals surface area contributed by atoms with Gasteiger partial charge in [0, 0.05) is 5.56 Å². The summed E-state index contributed by atoms with van der Waals surface area (Å²) in [7, 11) is 0. The monoisotopic (exact) mass is 345 g/mol. The van der Waals surface area contributed by atoms with Gasteiger partial charge in [-0.15, -0.1) is 11.3 Å². The van der Waals surface area contributed by atoms with E-state index in [4.69, 9.17) is 5.73 Å². The minimum atomic E-state index is 0.460. The van der Waals surface area contributed by atoms with Crippen LogP contribution in [-0.2, 0) is 0 Å². The van der Waals surface area contributed by atoms with Crippen molar-refractivity contribution < 1.29 is 0 Å². The molecule has 0 atom stereocenters. The number of thiophene rings is 1. The molecule has 0 aliphatic heterocycles. The smallest absolute Gasteiger partial charge is 0.172 e. The quantitative estimate of drug-likeness (QED) is 0.742. The van der Waals surface area contributed by atoms with Crippen molar-refractivity contribution in [3.8, 4) is 22.0 Å².